The summed E-state index contributed by atoms with van der Waals surface area (Å²) >= 11 is 0. The number of aromatic nitrogens is 2. The molecule has 0 atom stereocenters. The zero-order valence-electron chi connectivity index (χ0n) is 9.47. The van der Waals surface area contributed by atoms with Gasteiger partial charge in [-0.25, -0.2) is 9.78 Å². The number of rotatable bonds is 1. The summed E-state index contributed by atoms with van der Waals surface area (Å²) in [4.78, 5) is 17.0. The molecule has 5 nitrogen and oxygen atoms in total. The lowest BCUT2D eigenvalue weighted by Gasteiger charge is -2.15. The summed E-state index contributed by atoms with van der Waals surface area (Å²) in [5, 5.41) is 0. The van der Waals surface area contributed by atoms with Crippen LogP contribution in [0.15, 0.2) is 24.5 Å². The number of imidazole rings is 1. The van der Waals surface area contributed by atoms with E-state index in [4.69, 9.17) is 0 Å². The van der Waals surface area contributed by atoms with Crippen molar-refractivity contribution >= 4 is 22.8 Å². The molecule has 0 aliphatic rings. The Balaban J connectivity index is 2.43. The van der Waals surface area contributed by atoms with Gasteiger partial charge in [-0.15, -0.1) is 0 Å². The summed E-state index contributed by atoms with van der Waals surface area (Å²) in [6.07, 6.45) is 1.35. The normalized spacial score (nSPS) is 10.4. The van der Waals surface area contributed by atoms with Crippen molar-refractivity contribution in [2.75, 3.05) is 19.1 Å². The second-order valence-corrected chi connectivity index (χ2v) is 3.56. The van der Waals surface area contributed by atoms with Crippen LogP contribution < -0.4 is 4.90 Å². The van der Waals surface area contributed by atoms with Gasteiger partial charge >= 0.3 is 6.09 Å². The highest BCUT2D eigenvalue weighted by Crippen LogP contribution is 2.20. The number of carbonyl (C=O) groups excluding carboxylic acids is 1. The molecule has 5 heteroatoms. The Morgan fingerprint density at radius 3 is 2.94 bits per heavy atom. The smallest absolute Gasteiger partial charge is 0.413 e. The lowest BCUT2D eigenvalue weighted by atomic mass is 10.2. The molecule has 1 amide bonds. The fourth-order valence-electron chi connectivity index (χ4n) is 1.58. The summed E-state index contributed by atoms with van der Waals surface area (Å²) in [5.74, 6) is 0. The zero-order chi connectivity index (χ0) is 11.7. The van der Waals surface area contributed by atoms with Gasteiger partial charge in [0.15, 0.2) is 0 Å². The number of benzene rings is 1. The van der Waals surface area contributed by atoms with Crippen LogP contribution in [0.1, 0.15) is 0 Å². The van der Waals surface area contributed by atoms with E-state index in [0.29, 0.717) is 0 Å². The Labute approximate surface area is 93.2 Å². The number of nitrogens with zero attached hydrogens (tertiary/aromatic N) is 3. The molecule has 2 rings (SSSR count). The first-order valence-corrected chi connectivity index (χ1v) is 4.86. The first kappa shape index (κ1) is 10.5. The number of fused-ring (bicyclic) bond motifs is 1. The fourth-order valence-corrected chi connectivity index (χ4v) is 1.58. The molecule has 0 fully saturated rings. The molecule has 0 radical (unpaired) electrons. The van der Waals surface area contributed by atoms with Gasteiger partial charge in [0.1, 0.15) is 0 Å². The van der Waals surface area contributed by atoms with E-state index in [1.165, 1.54) is 12.0 Å². The van der Waals surface area contributed by atoms with Crippen molar-refractivity contribution in [2.45, 2.75) is 0 Å². The van der Waals surface area contributed by atoms with Crippen molar-refractivity contribution in [1.29, 1.82) is 0 Å². The molecule has 0 saturated carbocycles. The average molecular weight is 219 g/mol. The molecule has 84 valence electrons. The number of aryl methyl sites for hydroxylation is 1. The van der Waals surface area contributed by atoms with Crippen molar-refractivity contribution in [1.82, 2.24) is 9.55 Å². The van der Waals surface area contributed by atoms with Crippen LogP contribution in [-0.2, 0) is 11.8 Å². The molecule has 2 aromatic rings. The van der Waals surface area contributed by atoms with E-state index in [-0.39, 0.29) is 0 Å². The van der Waals surface area contributed by atoms with Crippen molar-refractivity contribution in [2.24, 2.45) is 7.05 Å². The molecule has 1 aromatic heterocycles. The van der Waals surface area contributed by atoms with Crippen LogP contribution in [-0.4, -0.2) is 29.8 Å². The summed E-state index contributed by atoms with van der Waals surface area (Å²) in [6.45, 7) is 0. The van der Waals surface area contributed by atoms with Crippen molar-refractivity contribution in [3.05, 3.63) is 24.5 Å². The van der Waals surface area contributed by atoms with E-state index < -0.39 is 6.09 Å². The second-order valence-electron chi connectivity index (χ2n) is 3.56. The van der Waals surface area contributed by atoms with E-state index in [2.05, 4.69) is 9.72 Å². The summed E-state index contributed by atoms with van der Waals surface area (Å²) < 4.78 is 6.57. The van der Waals surface area contributed by atoms with Crippen LogP contribution in [0.2, 0.25) is 0 Å². The Kier molecular flexibility index (Phi) is 2.52. The second kappa shape index (κ2) is 3.84. The molecular weight excluding hydrogens is 206 g/mol. The quantitative estimate of drug-likeness (QED) is 0.734. The van der Waals surface area contributed by atoms with Crippen molar-refractivity contribution in [3.63, 3.8) is 0 Å². The van der Waals surface area contributed by atoms with Gasteiger partial charge in [-0.3, -0.25) is 4.90 Å². The predicted molar refractivity (Wildman–Crippen MR) is 61.5 cm³/mol. The van der Waals surface area contributed by atoms with Gasteiger partial charge in [-0.05, 0) is 18.2 Å². The number of ether oxygens (including phenoxy) is 1. The van der Waals surface area contributed by atoms with Crippen LogP contribution in [0, 0.1) is 0 Å². The molecule has 0 aliphatic carbocycles. The standard InChI is InChI=1S/C11H13N3O2/c1-13-7-12-9-6-8(4-5-10(9)13)14(2)11(15)16-3/h4-7H,1-3H3. The Morgan fingerprint density at radius 1 is 1.50 bits per heavy atom. The summed E-state index contributed by atoms with van der Waals surface area (Å²) in [7, 11) is 4.95. The van der Waals surface area contributed by atoms with Crippen LogP contribution in [0.4, 0.5) is 10.5 Å². The summed E-state index contributed by atoms with van der Waals surface area (Å²) in [6, 6.07) is 5.64. The third kappa shape index (κ3) is 1.60. The molecule has 1 aromatic carbocycles. The number of methoxy groups -OCH3 is 1. The third-order valence-corrected chi connectivity index (χ3v) is 2.54. The predicted octanol–water partition coefficient (Wildman–Crippen LogP) is 1.78. The molecular formula is C11H13N3O2. The molecule has 0 spiro atoms. The zero-order valence-corrected chi connectivity index (χ0v) is 9.47. The topological polar surface area (TPSA) is 47.4 Å². The van der Waals surface area contributed by atoms with Gasteiger partial charge in [-0.2, -0.15) is 0 Å². The number of hydrogen-bond donors (Lipinski definition) is 0. The van der Waals surface area contributed by atoms with E-state index in [9.17, 15) is 4.79 Å². The average Bonchev–Trinajstić information content (AvgIpc) is 2.68. The van der Waals surface area contributed by atoms with Gasteiger partial charge in [-0.1, -0.05) is 0 Å². The van der Waals surface area contributed by atoms with Crippen LogP contribution >= 0.6 is 0 Å². The number of carbonyl (C=O) groups is 1. The van der Waals surface area contributed by atoms with Crippen molar-refractivity contribution in [3.8, 4) is 0 Å². The first-order chi connectivity index (χ1) is 7.63. The summed E-state index contributed by atoms with van der Waals surface area (Å²) in [5.41, 5.74) is 2.65. The maximum Gasteiger partial charge on any atom is 0.413 e. The largest absolute Gasteiger partial charge is 0.452 e. The fraction of sp³-hybridized carbons (Fsp3) is 0.273. The van der Waals surface area contributed by atoms with Crippen LogP contribution in [0.3, 0.4) is 0 Å². The molecule has 0 bridgehead atoms. The molecule has 16 heavy (non-hydrogen) atoms. The van der Waals surface area contributed by atoms with E-state index in [1.807, 2.05) is 29.8 Å². The first-order valence-electron chi connectivity index (χ1n) is 4.86. The van der Waals surface area contributed by atoms with E-state index in [0.717, 1.165) is 16.7 Å². The van der Waals surface area contributed by atoms with Gasteiger partial charge in [0, 0.05) is 19.8 Å². The Bertz CT molecular complexity index is 533. The minimum absolute atomic E-state index is 0.393. The van der Waals surface area contributed by atoms with Gasteiger partial charge in [0.05, 0.1) is 24.5 Å². The van der Waals surface area contributed by atoms with Gasteiger partial charge in [0.2, 0.25) is 0 Å². The Hall–Kier alpha value is -2.04. The molecule has 0 unspecified atom stereocenters. The molecule has 0 aliphatic heterocycles. The molecule has 0 saturated heterocycles. The molecule has 1 heterocycles. The Morgan fingerprint density at radius 2 is 2.25 bits per heavy atom. The lowest BCUT2D eigenvalue weighted by molar-refractivity contribution is 0.180. The van der Waals surface area contributed by atoms with Gasteiger partial charge in [0.25, 0.3) is 0 Å². The minimum Gasteiger partial charge on any atom is -0.452 e. The van der Waals surface area contributed by atoms with Crippen molar-refractivity contribution < 1.29 is 9.53 Å². The number of hydrogen-bond acceptors (Lipinski definition) is 3. The maximum absolute atomic E-state index is 11.3. The third-order valence-electron chi connectivity index (χ3n) is 2.54. The maximum atomic E-state index is 11.3. The van der Waals surface area contributed by atoms with Crippen LogP contribution in [0.5, 0.6) is 0 Å². The van der Waals surface area contributed by atoms with Gasteiger partial charge < -0.3 is 9.30 Å². The minimum atomic E-state index is -0.393. The molecule has 0 N–H and O–H groups in total. The van der Waals surface area contributed by atoms with E-state index in [1.54, 1.807) is 13.4 Å². The highest BCUT2D eigenvalue weighted by Gasteiger charge is 2.11. The van der Waals surface area contributed by atoms with Crippen LogP contribution in [0.25, 0.3) is 11.0 Å². The highest BCUT2D eigenvalue weighted by atomic mass is 16.5. The monoisotopic (exact) mass is 219 g/mol. The highest BCUT2D eigenvalue weighted by molar-refractivity contribution is 5.90. The number of amides is 1. The SMILES string of the molecule is COC(=O)N(C)c1ccc2c(c1)ncn2C. The van der Waals surface area contributed by atoms with E-state index >= 15 is 0 Å². The number of anilines is 1. The lowest BCUT2D eigenvalue weighted by Crippen LogP contribution is -2.25.